The number of hydrogen-bond donors (Lipinski definition) is 1. The van der Waals surface area contributed by atoms with E-state index < -0.39 is 0 Å². The van der Waals surface area contributed by atoms with Gasteiger partial charge in [-0.15, -0.1) is 19.0 Å². The number of nitrogens with zero attached hydrogens (tertiary/aromatic N) is 4. The molecule has 22 heavy (non-hydrogen) atoms. The van der Waals surface area contributed by atoms with E-state index in [1.165, 1.54) is 0 Å². The number of rotatable bonds is 4. The number of benzene rings is 1. The predicted molar refractivity (Wildman–Crippen MR) is 92.1 cm³/mol. The van der Waals surface area contributed by atoms with Gasteiger partial charge in [-0.25, -0.2) is 9.67 Å². The van der Waals surface area contributed by atoms with Gasteiger partial charge in [0.1, 0.15) is 5.82 Å². The average molecular weight is 316 g/mol. The van der Waals surface area contributed by atoms with E-state index in [1.807, 2.05) is 44.2 Å². The minimum Gasteiger partial charge on any atom is -0.366 e. The van der Waals surface area contributed by atoms with Crippen molar-refractivity contribution in [3.63, 3.8) is 0 Å². The number of aryl methyl sites for hydroxylation is 2. The van der Waals surface area contributed by atoms with Crippen LogP contribution in [0.5, 0.6) is 0 Å². The summed E-state index contributed by atoms with van der Waals surface area (Å²) >= 11 is 0. The quantitative estimate of drug-likeness (QED) is 0.749. The molecule has 3 rings (SSSR count). The number of hydrogen-bond acceptors (Lipinski definition) is 4. The molecule has 0 aliphatic heterocycles. The van der Waals surface area contributed by atoms with Crippen LogP contribution in [0, 0.1) is 13.8 Å². The second-order valence-corrected chi connectivity index (χ2v) is 4.90. The van der Waals surface area contributed by atoms with Crippen molar-refractivity contribution < 1.29 is 0 Å². The van der Waals surface area contributed by atoms with Crippen LogP contribution in [0.2, 0.25) is 0 Å². The second kappa shape index (κ2) is 6.58. The average Bonchev–Trinajstić information content (AvgIpc) is 2.83. The fraction of sp³-hybridized carbons (Fsp3) is 0.188. The van der Waals surface area contributed by atoms with Crippen molar-refractivity contribution in [3.05, 3.63) is 54.4 Å². The Kier molecular flexibility index (Phi) is 4.78. The van der Waals surface area contributed by atoms with E-state index in [2.05, 4.69) is 27.0 Å². The van der Waals surface area contributed by atoms with Crippen LogP contribution in [0.1, 0.15) is 11.4 Å². The molecule has 0 fully saturated rings. The normalized spacial score (nSPS) is 10.3. The first-order valence-electron chi connectivity index (χ1n) is 6.84. The Morgan fingerprint density at radius 2 is 2.00 bits per heavy atom. The lowest BCUT2D eigenvalue weighted by molar-refractivity contribution is 0.780. The summed E-state index contributed by atoms with van der Waals surface area (Å²) in [6, 6.07) is 9.94. The molecular formula is C16H18ClN5. The first kappa shape index (κ1) is 16.0. The molecule has 6 heteroatoms. The maximum atomic E-state index is 4.61. The van der Waals surface area contributed by atoms with Crippen molar-refractivity contribution in [1.82, 2.24) is 19.7 Å². The van der Waals surface area contributed by atoms with Gasteiger partial charge < -0.3 is 5.32 Å². The minimum atomic E-state index is 0. The van der Waals surface area contributed by atoms with Gasteiger partial charge >= 0.3 is 0 Å². The van der Waals surface area contributed by atoms with Gasteiger partial charge in [0, 0.05) is 17.6 Å². The Bertz CT molecular complexity index is 809. The van der Waals surface area contributed by atoms with Crippen molar-refractivity contribution in [2.75, 3.05) is 11.9 Å². The molecule has 2 aromatic heterocycles. The fourth-order valence-corrected chi connectivity index (χ4v) is 2.29. The summed E-state index contributed by atoms with van der Waals surface area (Å²) in [6.45, 7) is 8.34. The molecule has 0 radical (unpaired) electrons. The molecule has 1 aromatic carbocycles. The monoisotopic (exact) mass is 315 g/mol. The third-order valence-electron chi connectivity index (χ3n) is 3.20. The van der Waals surface area contributed by atoms with E-state index in [9.17, 15) is 0 Å². The molecule has 0 unspecified atom stereocenters. The fourth-order valence-electron chi connectivity index (χ4n) is 2.29. The lowest BCUT2D eigenvalue weighted by atomic mass is 10.2. The molecule has 0 aliphatic rings. The zero-order chi connectivity index (χ0) is 14.8. The van der Waals surface area contributed by atoms with Gasteiger partial charge in [0.05, 0.1) is 11.2 Å². The number of para-hydroxylation sites is 1. The number of halogens is 1. The zero-order valence-electron chi connectivity index (χ0n) is 12.6. The molecule has 1 N–H and O–H groups in total. The summed E-state index contributed by atoms with van der Waals surface area (Å²) in [5, 5.41) is 8.71. The van der Waals surface area contributed by atoms with Crippen LogP contribution in [-0.4, -0.2) is 26.3 Å². The summed E-state index contributed by atoms with van der Waals surface area (Å²) in [5.41, 5.74) is 2.85. The van der Waals surface area contributed by atoms with Gasteiger partial charge in [-0.2, -0.15) is 10.1 Å². The van der Waals surface area contributed by atoms with Gasteiger partial charge in [-0.05, 0) is 32.0 Å². The van der Waals surface area contributed by atoms with Crippen molar-refractivity contribution in [1.29, 1.82) is 0 Å². The molecule has 0 saturated carbocycles. The smallest absolute Gasteiger partial charge is 0.253 e. The van der Waals surface area contributed by atoms with Gasteiger partial charge in [0.25, 0.3) is 5.95 Å². The lowest BCUT2D eigenvalue weighted by Gasteiger charge is -2.10. The van der Waals surface area contributed by atoms with Crippen molar-refractivity contribution in [3.8, 4) is 5.95 Å². The van der Waals surface area contributed by atoms with Crippen LogP contribution < -0.4 is 5.32 Å². The van der Waals surface area contributed by atoms with Crippen LogP contribution in [0.3, 0.4) is 0 Å². The van der Waals surface area contributed by atoms with E-state index in [0.717, 1.165) is 28.1 Å². The van der Waals surface area contributed by atoms with E-state index in [4.69, 9.17) is 0 Å². The Morgan fingerprint density at radius 3 is 2.68 bits per heavy atom. The number of anilines is 1. The first-order chi connectivity index (χ1) is 10.2. The van der Waals surface area contributed by atoms with Crippen LogP contribution in [-0.2, 0) is 0 Å². The van der Waals surface area contributed by atoms with E-state index >= 15 is 0 Å². The second-order valence-electron chi connectivity index (χ2n) is 4.90. The highest BCUT2D eigenvalue weighted by molar-refractivity contribution is 5.89. The molecule has 3 aromatic rings. The molecule has 0 amide bonds. The highest BCUT2D eigenvalue weighted by Gasteiger charge is 2.11. The summed E-state index contributed by atoms with van der Waals surface area (Å²) in [7, 11) is 0. The Morgan fingerprint density at radius 1 is 1.23 bits per heavy atom. The standard InChI is InChI=1S/C16H17N5.ClH/c1-4-9-17-15-13-7-5-6-8-14(13)18-16(19-15)21-12(3)10-11(2)20-21;/h4-8,10H,1,9H2,2-3H3,(H,17,18,19);1H. The third-order valence-corrected chi connectivity index (χ3v) is 3.20. The maximum absolute atomic E-state index is 4.61. The predicted octanol–water partition coefficient (Wildman–Crippen LogP) is 3.45. The van der Waals surface area contributed by atoms with Crippen LogP contribution in [0.15, 0.2) is 43.0 Å². The van der Waals surface area contributed by atoms with Gasteiger partial charge in [0.15, 0.2) is 0 Å². The molecule has 0 spiro atoms. The Labute approximate surface area is 135 Å². The van der Waals surface area contributed by atoms with Gasteiger partial charge in [0.2, 0.25) is 0 Å². The van der Waals surface area contributed by atoms with Gasteiger partial charge in [-0.3, -0.25) is 0 Å². The van der Waals surface area contributed by atoms with Crippen LogP contribution in [0.25, 0.3) is 16.9 Å². The molecule has 0 bridgehead atoms. The largest absolute Gasteiger partial charge is 0.366 e. The van der Waals surface area contributed by atoms with E-state index in [-0.39, 0.29) is 12.4 Å². The number of fused-ring (bicyclic) bond motifs is 1. The van der Waals surface area contributed by atoms with Crippen molar-refractivity contribution in [2.45, 2.75) is 13.8 Å². The molecule has 0 atom stereocenters. The molecule has 0 saturated heterocycles. The first-order valence-corrected chi connectivity index (χ1v) is 6.84. The maximum Gasteiger partial charge on any atom is 0.253 e. The summed E-state index contributed by atoms with van der Waals surface area (Å²) in [4.78, 5) is 9.23. The van der Waals surface area contributed by atoms with Crippen molar-refractivity contribution in [2.24, 2.45) is 0 Å². The topological polar surface area (TPSA) is 55.6 Å². The molecular weight excluding hydrogens is 298 g/mol. The zero-order valence-corrected chi connectivity index (χ0v) is 13.4. The SMILES string of the molecule is C=CCNc1nc(-n2nc(C)cc2C)nc2ccccc12.Cl. The summed E-state index contributed by atoms with van der Waals surface area (Å²) < 4.78 is 1.76. The molecule has 2 heterocycles. The summed E-state index contributed by atoms with van der Waals surface area (Å²) in [5.74, 6) is 1.37. The third kappa shape index (κ3) is 2.94. The van der Waals surface area contributed by atoms with Crippen LogP contribution in [0.4, 0.5) is 5.82 Å². The molecule has 114 valence electrons. The minimum absolute atomic E-state index is 0. The molecule has 5 nitrogen and oxygen atoms in total. The number of aromatic nitrogens is 4. The van der Waals surface area contributed by atoms with E-state index in [1.54, 1.807) is 10.8 Å². The van der Waals surface area contributed by atoms with Crippen LogP contribution >= 0.6 is 12.4 Å². The highest BCUT2D eigenvalue weighted by Crippen LogP contribution is 2.21. The molecule has 0 aliphatic carbocycles. The number of nitrogens with one attached hydrogen (secondary N) is 1. The summed E-state index contributed by atoms with van der Waals surface area (Å²) in [6.07, 6.45) is 1.81. The highest BCUT2D eigenvalue weighted by atomic mass is 35.5. The Hall–Kier alpha value is -2.40. The van der Waals surface area contributed by atoms with Gasteiger partial charge in [-0.1, -0.05) is 18.2 Å². The Balaban J connectivity index is 0.00000176. The lowest BCUT2D eigenvalue weighted by Crippen LogP contribution is -2.09. The van der Waals surface area contributed by atoms with E-state index in [0.29, 0.717) is 12.5 Å². The van der Waals surface area contributed by atoms with Crippen molar-refractivity contribution >= 4 is 29.1 Å².